The van der Waals surface area contributed by atoms with Crippen molar-refractivity contribution in [1.82, 2.24) is 15.2 Å². The Hall–Kier alpha value is -3.04. The number of carbonyl (C=O) groups excluding carboxylic acids is 3. The Balaban J connectivity index is 2.20. The van der Waals surface area contributed by atoms with Crippen LogP contribution < -0.4 is 5.32 Å². The monoisotopic (exact) mass is 543 g/mol. The van der Waals surface area contributed by atoms with Crippen molar-refractivity contribution < 1.29 is 24.2 Å². The minimum Gasteiger partial charge on any atom is -0.455 e. The van der Waals surface area contributed by atoms with Gasteiger partial charge in [-0.05, 0) is 30.7 Å². The lowest BCUT2D eigenvalue weighted by molar-refractivity contribution is -0.148. The first-order valence-corrected chi connectivity index (χ1v) is 13.9. The van der Waals surface area contributed by atoms with Gasteiger partial charge in [0.15, 0.2) is 6.10 Å². The van der Waals surface area contributed by atoms with E-state index in [9.17, 15) is 19.5 Å². The van der Waals surface area contributed by atoms with Crippen molar-refractivity contribution in [3.63, 3.8) is 0 Å². The second kappa shape index (κ2) is 14.2. The van der Waals surface area contributed by atoms with Gasteiger partial charge in [0.2, 0.25) is 5.91 Å². The molecule has 1 aromatic heterocycles. The molecule has 38 heavy (non-hydrogen) atoms. The number of benzene rings is 1. The Morgan fingerprint density at radius 2 is 1.79 bits per heavy atom. The van der Waals surface area contributed by atoms with Gasteiger partial charge in [0.25, 0.3) is 5.91 Å². The first-order valence-electron chi connectivity index (χ1n) is 13.0. The van der Waals surface area contributed by atoms with Gasteiger partial charge in [-0.3, -0.25) is 14.4 Å². The van der Waals surface area contributed by atoms with Gasteiger partial charge in [-0.15, -0.1) is 11.3 Å². The zero-order chi connectivity index (χ0) is 28.6. The third-order valence-corrected chi connectivity index (χ3v) is 7.77. The highest BCUT2D eigenvalue weighted by Crippen LogP contribution is 2.31. The fourth-order valence-electron chi connectivity index (χ4n) is 4.17. The lowest BCUT2D eigenvalue weighted by Crippen LogP contribution is -2.43. The highest BCUT2D eigenvalue weighted by atomic mass is 32.1. The molecule has 208 valence electrons. The van der Waals surface area contributed by atoms with E-state index in [4.69, 9.17) is 4.74 Å². The predicted octanol–water partition coefficient (Wildman–Crippen LogP) is 5.07. The van der Waals surface area contributed by atoms with E-state index in [-0.39, 0.29) is 29.5 Å². The van der Waals surface area contributed by atoms with Gasteiger partial charge < -0.3 is 20.1 Å². The van der Waals surface area contributed by atoms with E-state index < -0.39 is 30.1 Å². The van der Waals surface area contributed by atoms with Crippen LogP contribution in [0.4, 0.5) is 0 Å². The van der Waals surface area contributed by atoms with E-state index in [2.05, 4.69) is 16.9 Å². The summed E-state index contributed by atoms with van der Waals surface area (Å²) in [6.07, 6.45) is -0.473. The summed E-state index contributed by atoms with van der Waals surface area (Å²) in [7, 11) is 1.74. The average Bonchev–Trinajstić information content (AvgIpc) is 3.39. The van der Waals surface area contributed by atoms with E-state index in [1.165, 1.54) is 18.3 Å². The Bertz CT molecular complexity index is 1100. The molecule has 0 fully saturated rings. The average molecular weight is 544 g/mol. The first-order chi connectivity index (χ1) is 17.9. The second-order valence-electron chi connectivity index (χ2n) is 10.1. The molecule has 2 amide bonds. The number of thiazole rings is 1. The van der Waals surface area contributed by atoms with Crippen molar-refractivity contribution in [3.8, 4) is 0 Å². The Morgan fingerprint density at radius 3 is 2.34 bits per heavy atom. The fourth-order valence-corrected chi connectivity index (χ4v) is 5.01. The number of hydrogen-bond acceptors (Lipinski definition) is 7. The van der Waals surface area contributed by atoms with Crippen molar-refractivity contribution in [3.05, 3.63) is 64.1 Å². The van der Waals surface area contributed by atoms with Crippen LogP contribution in [0.1, 0.15) is 87.7 Å². The lowest BCUT2D eigenvalue weighted by Gasteiger charge is -2.34. The van der Waals surface area contributed by atoms with Gasteiger partial charge in [0.1, 0.15) is 10.7 Å². The number of amides is 2. The van der Waals surface area contributed by atoms with E-state index in [0.29, 0.717) is 22.6 Å². The van der Waals surface area contributed by atoms with Crippen LogP contribution in [0, 0.1) is 11.8 Å². The van der Waals surface area contributed by atoms with Crippen LogP contribution in [0.15, 0.2) is 47.9 Å². The van der Waals surface area contributed by atoms with Gasteiger partial charge in [0.05, 0.1) is 12.1 Å². The number of aliphatic hydroxyl groups excluding tert-OH is 1. The molecule has 0 saturated heterocycles. The molecule has 2 N–H and O–H groups in total. The molecule has 0 aliphatic rings. The number of esters is 1. The molecule has 5 unspecified atom stereocenters. The minimum atomic E-state index is -0.878. The van der Waals surface area contributed by atoms with Crippen LogP contribution in [0.2, 0.25) is 0 Å². The van der Waals surface area contributed by atoms with Gasteiger partial charge in [-0.1, -0.05) is 64.6 Å². The molecule has 5 atom stereocenters. The lowest BCUT2D eigenvalue weighted by atomic mass is 9.93. The van der Waals surface area contributed by atoms with Gasteiger partial charge >= 0.3 is 5.97 Å². The van der Waals surface area contributed by atoms with Crippen LogP contribution in [-0.2, 0) is 14.3 Å². The van der Waals surface area contributed by atoms with Gasteiger partial charge in [-0.2, -0.15) is 0 Å². The topological polar surface area (TPSA) is 109 Å². The number of aliphatic hydroxyl groups is 1. The number of hydrogen-bond donors (Lipinski definition) is 2. The number of rotatable bonds is 13. The number of carbonyl (C=O) groups is 3. The SMILES string of the molecule is C=C(C(=O)N(C)C(CC(OC(C)=O)c1nc(C(=O)NC(C)C(O)c2ccccc2)cs1)C(C)C)C(C)CC. The largest absolute Gasteiger partial charge is 0.455 e. The van der Waals surface area contributed by atoms with Crippen molar-refractivity contribution >= 4 is 29.1 Å². The maximum absolute atomic E-state index is 13.1. The maximum Gasteiger partial charge on any atom is 0.303 e. The third kappa shape index (κ3) is 8.23. The predicted molar refractivity (Wildman–Crippen MR) is 150 cm³/mol. The number of ether oxygens (including phenoxy) is 1. The molecule has 1 aromatic carbocycles. The third-order valence-electron chi connectivity index (χ3n) is 6.84. The van der Waals surface area contributed by atoms with Crippen molar-refractivity contribution in [1.29, 1.82) is 0 Å². The number of nitrogens with one attached hydrogen (secondary N) is 1. The van der Waals surface area contributed by atoms with Crippen LogP contribution in [-0.4, -0.2) is 51.9 Å². The molecule has 2 aromatic rings. The summed E-state index contributed by atoms with van der Waals surface area (Å²) in [4.78, 5) is 44.1. The molecule has 0 spiro atoms. The van der Waals surface area contributed by atoms with E-state index in [0.717, 1.165) is 6.42 Å². The Kier molecular flexibility index (Phi) is 11.7. The molecular formula is C29H41N3O5S. The van der Waals surface area contributed by atoms with E-state index >= 15 is 0 Å². The first kappa shape index (κ1) is 31.2. The second-order valence-corrected chi connectivity index (χ2v) is 11.0. The highest BCUT2D eigenvalue weighted by molar-refractivity contribution is 7.09. The summed E-state index contributed by atoms with van der Waals surface area (Å²) in [6, 6.07) is 8.29. The summed E-state index contributed by atoms with van der Waals surface area (Å²) in [6.45, 7) is 15.0. The summed E-state index contributed by atoms with van der Waals surface area (Å²) in [5.74, 6) is -0.921. The van der Waals surface area contributed by atoms with E-state index in [1.54, 1.807) is 36.4 Å². The number of nitrogens with zero attached hydrogens (tertiary/aromatic N) is 2. The molecule has 1 heterocycles. The van der Waals surface area contributed by atoms with Gasteiger partial charge in [0, 0.05) is 37.4 Å². The molecule has 2 rings (SSSR count). The zero-order valence-corrected chi connectivity index (χ0v) is 24.2. The molecule has 0 bridgehead atoms. The van der Waals surface area contributed by atoms with Crippen LogP contribution in [0.3, 0.4) is 0 Å². The molecule has 0 radical (unpaired) electrons. The zero-order valence-electron chi connectivity index (χ0n) is 23.4. The summed E-state index contributed by atoms with van der Waals surface area (Å²) in [5.41, 5.74) is 1.42. The standard InChI is InChI=1S/C29H41N3O5S/c1-9-18(4)19(5)29(36)32(8)24(17(2)3)15-25(37-21(7)33)28-31-23(16-38-28)27(35)30-20(6)26(34)22-13-11-10-12-14-22/h10-14,16-18,20,24-26,34H,5,9,15H2,1-4,6-8H3,(H,30,35). The van der Waals surface area contributed by atoms with E-state index in [1.807, 2.05) is 45.9 Å². The Labute approximate surface area is 230 Å². The van der Waals surface area contributed by atoms with Crippen LogP contribution in [0.25, 0.3) is 0 Å². The molecule has 8 nitrogen and oxygen atoms in total. The molecule has 0 aliphatic carbocycles. The minimum absolute atomic E-state index is 0.0601. The number of likely N-dealkylation sites (N-methyl/N-ethyl adjacent to an activating group) is 1. The smallest absolute Gasteiger partial charge is 0.303 e. The maximum atomic E-state index is 13.1. The van der Waals surface area contributed by atoms with Crippen LogP contribution in [0.5, 0.6) is 0 Å². The quantitative estimate of drug-likeness (QED) is 0.270. The number of aromatic nitrogens is 1. The molecular weight excluding hydrogens is 502 g/mol. The van der Waals surface area contributed by atoms with Crippen molar-refractivity contribution in [2.24, 2.45) is 11.8 Å². The molecule has 0 aliphatic heterocycles. The summed E-state index contributed by atoms with van der Waals surface area (Å²) >= 11 is 1.22. The molecule has 9 heteroatoms. The fraction of sp³-hybridized carbons (Fsp3) is 0.517. The molecule has 0 saturated carbocycles. The summed E-state index contributed by atoms with van der Waals surface area (Å²) < 4.78 is 5.62. The van der Waals surface area contributed by atoms with Gasteiger partial charge in [-0.25, -0.2) is 4.98 Å². The highest BCUT2D eigenvalue weighted by Gasteiger charge is 2.32. The Morgan fingerprint density at radius 1 is 1.16 bits per heavy atom. The van der Waals surface area contributed by atoms with Crippen molar-refractivity contribution in [2.45, 2.75) is 78.7 Å². The van der Waals surface area contributed by atoms with Crippen molar-refractivity contribution in [2.75, 3.05) is 7.05 Å². The normalized spacial score (nSPS) is 15.2. The van der Waals surface area contributed by atoms with Crippen LogP contribution >= 0.6 is 11.3 Å². The summed E-state index contributed by atoms with van der Waals surface area (Å²) in [5, 5.41) is 15.4.